The predicted molar refractivity (Wildman–Crippen MR) is 78.2 cm³/mol. The minimum absolute atomic E-state index is 0.371. The maximum absolute atomic E-state index is 5.63. The molecule has 0 amide bonds. The molecule has 0 saturated heterocycles. The molecule has 0 bridgehead atoms. The molecule has 0 fully saturated rings. The van der Waals surface area contributed by atoms with Gasteiger partial charge in [0.05, 0.1) is 0 Å². The van der Waals surface area contributed by atoms with Crippen molar-refractivity contribution in [2.24, 2.45) is 17.1 Å². The Morgan fingerprint density at radius 2 is 1.76 bits per heavy atom. The van der Waals surface area contributed by atoms with Gasteiger partial charge in [0.25, 0.3) is 0 Å². The highest BCUT2D eigenvalue weighted by atomic mass is 15.1. The Hall–Kier alpha value is -0.0800. The van der Waals surface area contributed by atoms with E-state index >= 15 is 0 Å². The van der Waals surface area contributed by atoms with Gasteiger partial charge in [-0.15, -0.1) is 0 Å². The van der Waals surface area contributed by atoms with Gasteiger partial charge < -0.3 is 10.6 Å². The Morgan fingerprint density at radius 3 is 2.18 bits per heavy atom. The third-order valence-corrected chi connectivity index (χ3v) is 4.19. The molecular weight excluding hydrogens is 208 g/mol. The quantitative estimate of drug-likeness (QED) is 0.706. The molecule has 0 aromatic rings. The van der Waals surface area contributed by atoms with Crippen LogP contribution in [0.1, 0.15) is 60.3 Å². The summed E-state index contributed by atoms with van der Waals surface area (Å²) in [6, 6.07) is 0.636. The van der Waals surface area contributed by atoms with Gasteiger partial charge in [-0.1, -0.05) is 34.1 Å². The third kappa shape index (κ3) is 7.05. The molecule has 0 aliphatic carbocycles. The summed E-state index contributed by atoms with van der Waals surface area (Å²) in [5, 5.41) is 0. The molecule has 0 radical (unpaired) electrons. The van der Waals surface area contributed by atoms with Crippen LogP contribution in [-0.4, -0.2) is 31.1 Å². The Kier molecular flexibility index (Phi) is 8.06. The summed E-state index contributed by atoms with van der Waals surface area (Å²) < 4.78 is 0. The van der Waals surface area contributed by atoms with E-state index in [9.17, 15) is 0 Å². The van der Waals surface area contributed by atoms with Crippen molar-refractivity contribution in [3.63, 3.8) is 0 Å². The Labute approximate surface area is 109 Å². The molecule has 0 spiro atoms. The number of nitrogens with two attached hydrogens (primary N) is 1. The summed E-state index contributed by atoms with van der Waals surface area (Å²) in [4.78, 5) is 2.50. The second-order valence-corrected chi connectivity index (χ2v) is 6.52. The minimum Gasteiger partial charge on any atom is -0.330 e. The van der Waals surface area contributed by atoms with E-state index in [0.717, 1.165) is 12.5 Å². The third-order valence-electron chi connectivity index (χ3n) is 4.19. The van der Waals surface area contributed by atoms with Gasteiger partial charge in [-0.25, -0.2) is 0 Å². The molecular formula is C15H34N2. The van der Waals surface area contributed by atoms with Crippen molar-refractivity contribution in [1.82, 2.24) is 4.90 Å². The molecule has 2 atom stereocenters. The van der Waals surface area contributed by atoms with Crippen LogP contribution >= 0.6 is 0 Å². The summed E-state index contributed by atoms with van der Waals surface area (Å²) in [6.07, 6.45) is 5.09. The molecule has 0 aliphatic heterocycles. The van der Waals surface area contributed by atoms with Crippen molar-refractivity contribution in [3.05, 3.63) is 0 Å². The maximum Gasteiger partial charge on any atom is 0.0112 e. The molecule has 0 aromatic carbocycles. The largest absolute Gasteiger partial charge is 0.330 e. The lowest BCUT2D eigenvalue weighted by atomic mass is 9.87. The molecule has 2 nitrogen and oxygen atoms in total. The van der Waals surface area contributed by atoms with E-state index < -0.39 is 0 Å². The van der Waals surface area contributed by atoms with E-state index in [1.54, 1.807) is 0 Å². The summed E-state index contributed by atoms with van der Waals surface area (Å²) in [7, 11) is 2.25. The summed E-state index contributed by atoms with van der Waals surface area (Å²) in [5.41, 5.74) is 6.00. The molecule has 2 unspecified atom stereocenters. The lowest BCUT2D eigenvalue weighted by Gasteiger charge is -2.35. The van der Waals surface area contributed by atoms with Crippen LogP contribution < -0.4 is 5.73 Å². The highest BCUT2D eigenvalue weighted by Gasteiger charge is 2.23. The van der Waals surface area contributed by atoms with Crippen LogP contribution in [0, 0.1) is 11.3 Å². The first kappa shape index (κ1) is 16.9. The van der Waals surface area contributed by atoms with Crippen molar-refractivity contribution in [2.45, 2.75) is 66.3 Å². The van der Waals surface area contributed by atoms with E-state index in [4.69, 9.17) is 5.73 Å². The van der Waals surface area contributed by atoms with Gasteiger partial charge >= 0.3 is 0 Å². The summed E-state index contributed by atoms with van der Waals surface area (Å²) >= 11 is 0. The van der Waals surface area contributed by atoms with Crippen LogP contribution in [0.25, 0.3) is 0 Å². The van der Waals surface area contributed by atoms with Crippen molar-refractivity contribution in [2.75, 3.05) is 20.1 Å². The monoisotopic (exact) mass is 242 g/mol. The fourth-order valence-corrected chi connectivity index (χ4v) is 2.27. The predicted octanol–water partition coefficient (Wildman–Crippen LogP) is 3.51. The van der Waals surface area contributed by atoms with E-state index in [-0.39, 0.29) is 0 Å². The van der Waals surface area contributed by atoms with Crippen LogP contribution in [0.4, 0.5) is 0 Å². The second-order valence-electron chi connectivity index (χ2n) is 6.52. The van der Waals surface area contributed by atoms with Crippen LogP contribution in [-0.2, 0) is 0 Å². The molecule has 0 aliphatic rings. The zero-order valence-electron chi connectivity index (χ0n) is 12.9. The number of rotatable bonds is 8. The van der Waals surface area contributed by atoms with Gasteiger partial charge in [0.1, 0.15) is 0 Å². The van der Waals surface area contributed by atoms with Crippen LogP contribution in [0.2, 0.25) is 0 Å². The van der Waals surface area contributed by atoms with Crippen LogP contribution in [0.3, 0.4) is 0 Å². The van der Waals surface area contributed by atoms with Crippen molar-refractivity contribution in [1.29, 1.82) is 0 Å². The van der Waals surface area contributed by atoms with Gasteiger partial charge in [-0.05, 0) is 57.7 Å². The maximum atomic E-state index is 5.63. The van der Waals surface area contributed by atoms with E-state index in [0.29, 0.717) is 11.5 Å². The van der Waals surface area contributed by atoms with E-state index in [2.05, 4.69) is 46.6 Å². The molecule has 0 heterocycles. The first-order chi connectivity index (χ1) is 7.82. The molecule has 0 saturated carbocycles. The molecule has 104 valence electrons. The smallest absolute Gasteiger partial charge is 0.0112 e. The molecule has 2 heteroatoms. The highest BCUT2D eigenvalue weighted by Crippen LogP contribution is 2.23. The van der Waals surface area contributed by atoms with Crippen LogP contribution in [0.5, 0.6) is 0 Å². The second kappa shape index (κ2) is 8.10. The standard InChI is InChI=1S/C15H34N2/c1-7-14(10-11-16)9-8-12-17(6)13(2)15(3,4)5/h13-14H,7-12,16H2,1-6H3. The lowest BCUT2D eigenvalue weighted by Crippen LogP contribution is -2.39. The van der Waals surface area contributed by atoms with Crippen molar-refractivity contribution >= 4 is 0 Å². The molecule has 17 heavy (non-hydrogen) atoms. The average Bonchev–Trinajstić information content (AvgIpc) is 2.25. The summed E-state index contributed by atoms with van der Waals surface area (Å²) in [5.74, 6) is 0.832. The topological polar surface area (TPSA) is 29.3 Å². The number of hydrogen-bond acceptors (Lipinski definition) is 2. The van der Waals surface area contributed by atoms with Crippen molar-refractivity contribution in [3.8, 4) is 0 Å². The van der Waals surface area contributed by atoms with Gasteiger partial charge in [-0.3, -0.25) is 0 Å². The average molecular weight is 242 g/mol. The van der Waals surface area contributed by atoms with Crippen LogP contribution in [0.15, 0.2) is 0 Å². The zero-order valence-corrected chi connectivity index (χ0v) is 12.9. The first-order valence-electron chi connectivity index (χ1n) is 7.23. The van der Waals surface area contributed by atoms with Crippen molar-refractivity contribution < 1.29 is 0 Å². The summed E-state index contributed by atoms with van der Waals surface area (Å²) in [6.45, 7) is 13.6. The minimum atomic E-state index is 0.371. The van der Waals surface area contributed by atoms with E-state index in [1.165, 1.54) is 32.2 Å². The zero-order chi connectivity index (χ0) is 13.5. The lowest BCUT2D eigenvalue weighted by molar-refractivity contribution is 0.137. The Bertz CT molecular complexity index is 184. The normalized spacial score (nSPS) is 16.2. The first-order valence-corrected chi connectivity index (χ1v) is 7.23. The SMILES string of the molecule is CCC(CCN)CCCN(C)C(C)C(C)(C)C. The van der Waals surface area contributed by atoms with E-state index in [1.807, 2.05) is 0 Å². The van der Waals surface area contributed by atoms with Gasteiger partial charge in [-0.2, -0.15) is 0 Å². The molecule has 2 N–H and O–H groups in total. The highest BCUT2D eigenvalue weighted by molar-refractivity contribution is 4.77. The van der Waals surface area contributed by atoms with Gasteiger partial charge in [0, 0.05) is 6.04 Å². The molecule has 0 aromatic heterocycles. The Balaban J connectivity index is 3.88. The number of nitrogens with zero attached hydrogens (tertiary/aromatic N) is 1. The number of hydrogen-bond donors (Lipinski definition) is 1. The fourth-order valence-electron chi connectivity index (χ4n) is 2.27. The fraction of sp³-hybridized carbons (Fsp3) is 1.00. The van der Waals surface area contributed by atoms with Gasteiger partial charge in [0.2, 0.25) is 0 Å². The van der Waals surface area contributed by atoms with Gasteiger partial charge in [0.15, 0.2) is 0 Å². The Morgan fingerprint density at radius 1 is 1.18 bits per heavy atom. The molecule has 0 rings (SSSR count).